The molecule has 3 nitrogen and oxygen atoms in total. The van der Waals surface area contributed by atoms with Crippen molar-refractivity contribution in [3.8, 4) is 11.3 Å². The highest BCUT2D eigenvalue weighted by Gasteiger charge is 2.08. The van der Waals surface area contributed by atoms with Crippen LogP contribution in [0.5, 0.6) is 0 Å². The van der Waals surface area contributed by atoms with Crippen LogP contribution in [-0.4, -0.2) is 9.97 Å². The maximum absolute atomic E-state index is 5.65. The van der Waals surface area contributed by atoms with Gasteiger partial charge >= 0.3 is 0 Å². The molecule has 4 heteroatoms. The number of nitrogens with two attached hydrogens (primary N) is 1. The SMILES string of the molecule is CCc1[nH]c(N)nc1-c1ccc(Br)cc1. The predicted molar refractivity (Wildman–Crippen MR) is 65.5 cm³/mol. The standard InChI is InChI=1S/C11H12BrN3/c1-2-9-10(15-11(13)14-9)7-3-5-8(12)6-4-7/h3-6H,2H2,1H3,(H3,13,14,15). The Morgan fingerprint density at radius 3 is 2.60 bits per heavy atom. The zero-order valence-corrected chi connectivity index (χ0v) is 10.0. The van der Waals surface area contributed by atoms with Crippen molar-refractivity contribution in [1.29, 1.82) is 0 Å². The quantitative estimate of drug-likeness (QED) is 0.877. The van der Waals surface area contributed by atoms with E-state index in [9.17, 15) is 0 Å². The van der Waals surface area contributed by atoms with Crippen LogP contribution in [0.4, 0.5) is 5.95 Å². The molecular weight excluding hydrogens is 254 g/mol. The van der Waals surface area contributed by atoms with Crippen LogP contribution in [0.25, 0.3) is 11.3 Å². The molecule has 1 heterocycles. The third-order valence-electron chi connectivity index (χ3n) is 2.27. The number of rotatable bonds is 2. The molecular formula is C11H12BrN3. The molecule has 0 bridgehead atoms. The van der Waals surface area contributed by atoms with E-state index in [1.54, 1.807) is 0 Å². The first kappa shape index (κ1) is 10.2. The number of nitrogen functional groups attached to an aromatic ring is 1. The van der Waals surface area contributed by atoms with E-state index < -0.39 is 0 Å². The smallest absolute Gasteiger partial charge is 0.198 e. The Bertz CT molecular complexity index is 459. The second kappa shape index (κ2) is 4.06. The molecule has 0 spiro atoms. The van der Waals surface area contributed by atoms with Gasteiger partial charge < -0.3 is 10.7 Å². The summed E-state index contributed by atoms with van der Waals surface area (Å²) in [5.41, 5.74) is 8.76. The Balaban J connectivity index is 2.48. The van der Waals surface area contributed by atoms with E-state index in [-0.39, 0.29) is 0 Å². The number of imidazole rings is 1. The van der Waals surface area contributed by atoms with Crippen LogP contribution < -0.4 is 5.73 Å². The zero-order valence-electron chi connectivity index (χ0n) is 8.42. The van der Waals surface area contributed by atoms with Crippen LogP contribution >= 0.6 is 15.9 Å². The molecule has 0 aliphatic carbocycles. The molecule has 0 fully saturated rings. The second-order valence-electron chi connectivity index (χ2n) is 3.31. The van der Waals surface area contributed by atoms with Gasteiger partial charge in [-0.3, -0.25) is 0 Å². The summed E-state index contributed by atoms with van der Waals surface area (Å²) >= 11 is 3.41. The summed E-state index contributed by atoms with van der Waals surface area (Å²) < 4.78 is 1.06. The Kier molecular flexibility index (Phi) is 2.77. The first-order chi connectivity index (χ1) is 7.20. The second-order valence-corrected chi connectivity index (χ2v) is 4.23. The number of nitrogens with zero attached hydrogens (tertiary/aromatic N) is 1. The van der Waals surface area contributed by atoms with E-state index in [1.807, 2.05) is 24.3 Å². The number of aromatic amines is 1. The van der Waals surface area contributed by atoms with Crippen molar-refractivity contribution in [3.05, 3.63) is 34.4 Å². The minimum absolute atomic E-state index is 0.477. The highest BCUT2D eigenvalue weighted by molar-refractivity contribution is 9.10. The Morgan fingerprint density at radius 1 is 1.33 bits per heavy atom. The molecule has 78 valence electrons. The number of benzene rings is 1. The van der Waals surface area contributed by atoms with E-state index in [4.69, 9.17) is 5.73 Å². The average molecular weight is 266 g/mol. The summed E-state index contributed by atoms with van der Waals surface area (Å²) in [6.45, 7) is 2.08. The van der Waals surface area contributed by atoms with Gasteiger partial charge in [0.25, 0.3) is 0 Å². The molecule has 0 saturated carbocycles. The molecule has 0 saturated heterocycles. The molecule has 15 heavy (non-hydrogen) atoms. The topological polar surface area (TPSA) is 54.7 Å². The fraction of sp³-hybridized carbons (Fsp3) is 0.182. The van der Waals surface area contributed by atoms with E-state index in [0.29, 0.717) is 5.95 Å². The molecule has 1 aromatic heterocycles. The number of H-pyrrole nitrogens is 1. The van der Waals surface area contributed by atoms with Crippen molar-refractivity contribution >= 4 is 21.9 Å². The third kappa shape index (κ3) is 2.04. The van der Waals surface area contributed by atoms with E-state index in [1.165, 1.54) is 0 Å². The van der Waals surface area contributed by atoms with Gasteiger partial charge in [-0.15, -0.1) is 0 Å². The van der Waals surface area contributed by atoms with E-state index in [2.05, 4.69) is 32.8 Å². The molecule has 0 aliphatic rings. The lowest BCUT2D eigenvalue weighted by Gasteiger charge is -1.99. The van der Waals surface area contributed by atoms with Crippen molar-refractivity contribution in [2.75, 3.05) is 5.73 Å². The van der Waals surface area contributed by atoms with E-state index >= 15 is 0 Å². The summed E-state index contributed by atoms with van der Waals surface area (Å²) in [5.74, 6) is 0.477. The van der Waals surface area contributed by atoms with Crippen LogP contribution in [0, 0.1) is 0 Å². The molecule has 0 radical (unpaired) electrons. The summed E-state index contributed by atoms with van der Waals surface area (Å²) in [6, 6.07) is 8.05. The number of hydrogen-bond acceptors (Lipinski definition) is 2. The van der Waals surface area contributed by atoms with Crippen LogP contribution in [0.1, 0.15) is 12.6 Å². The molecule has 0 aliphatic heterocycles. The van der Waals surface area contributed by atoms with Gasteiger partial charge in [0.15, 0.2) is 5.95 Å². The Labute approximate surface area is 96.9 Å². The van der Waals surface area contributed by atoms with Gasteiger partial charge in [0.05, 0.1) is 5.69 Å². The van der Waals surface area contributed by atoms with Crippen molar-refractivity contribution in [2.45, 2.75) is 13.3 Å². The first-order valence-corrected chi connectivity index (χ1v) is 5.60. The number of nitrogens with one attached hydrogen (secondary N) is 1. The summed E-state index contributed by atoms with van der Waals surface area (Å²) in [7, 11) is 0. The normalized spacial score (nSPS) is 10.5. The zero-order chi connectivity index (χ0) is 10.8. The largest absolute Gasteiger partial charge is 0.369 e. The maximum Gasteiger partial charge on any atom is 0.198 e. The van der Waals surface area contributed by atoms with Gasteiger partial charge in [-0.1, -0.05) is 35.0 Å². The monoisotopic (exact) mass is 265 g/mol. The van der Waals surface area contributed by atoms with Crippen molar-refractivity contribution < 1.29 is 0 Å². The highest BCUT2D eigenvalue weighted by Crippen LogP contribution is 2.24. The molecule has 3 N–H and O–H groups in total. The summed E-state index contributed by atoms with van der Waals surface area (Å²) in [6.07, 6.45) is 0.898. The maximum atomic E-state index is 5.65. The Hall–Kier alpha value is -1.29. The average Bonchev–Trinajstić information content (AvgIpc) is 2.61. The lowest BCUT2D eigenvalue weighted by Crippen LogP contribution is -1.86. The lowest BCUT2D eigenvalue weighted by atomic mass is 10.1. The van der Waals surface area contributed by atoms with Crippen molar-refractivity contribution in [3.63, 3.8) is 0 Å². The number of anilines is 1. The molecule has 2 rings (SSSR count). The van der Waals surface area contributed by atoms with Crippen molar-refractivity contribution in [2.24, 2.45) is 0 Å². The van der Waals surface area contributed by atoms with Gasteiger partial charge in [0.1, 0.15) is 0 Å². The molecule has 0 amide bonds. The van der Waals surface area contributed by atoms with Gasteiger partial charge in [-0.2, -0.15) is 0 Å². The third-order valence-corrected chi connectivity index (χ3v) is 2.80. The molecule has 0 atom stereocenters. The van der Waals surface area contributed by atoms with Gasteiger partial charge in [0.2, 0.25) is 0 Å². The number of halogens is 1. The minimum Gasteiger partial charge on any atom is -0.369 e. The number of hydrogen-bond donors (Lipinski definition) is 2. The fourth-order valence-corrected chi connectivity index (χ4v) is 1.80. The summed E-state index contributed by atoms with van der Waals surface area (Å²) in [4.78, 5) is 7.35. The Morgan fingerprint density at radius 2 is 2.00 bits per heavy atom. The highest BCUT2D eigenvalue weighted by atomic mass is 79.9. The predicted octanol–water partition coefficient (Wildman–Crippen LogP) is 2.98. The van der Waals surface area contributed by atoms with Crippen LogP contribution in [0.15, 0.2) is 28.7 Å². The van der Waals surface area contributed by atoms with Crippen LogP contribution in [0.3, 0.4) is 0 Å². The number of aromatic nitrogens is 2. The number of aryl methyl sites for hydroxylation is 1. The first-order valence-electron chi connectivity index (χ1n) is 4.81. The lowest BCUT2D eigenvalue weighted by molar-refractivity contribution is 1.07. The minimum atomic E-state index is 0.477. The van der Waals surface area contributed by atoms with Crippen molar-refractivity contribution in [1.82, 2.24) is 9.97 Å². The van der Waals surface area contributed by atoms with Crippen LogP contribution in [-0.2, 0) is 6.42 Å². The summed E-state index contributed by atoms with van der Waals surface area (Å²) in [5, 5.41) is 0. The molecule has 0 unspecified atom stereocenters. The van der Waals surface area contributed by atoms with Crippen LogP contribution in [0.2, 0.25) is 0 Å². The molecule has 1 aromatic carbocycles. The van der Waals surface area contributed by atoms with Gasteiger partial charge in [0, 0.05) is 15.7 Å². The van der Waals surface area contributed by atoms with Gasteiger partial charge in [-0.05, 0) is 18.6 Å². The fourth-order valence-electron chi connectivity index (χ4n) is 1.53. The van der Waals surface area contributed by atoms with E-state index in [0.717, 1.165) is 27.8 Å². The molecule has 2 aromatic rings. The van der Waals surface area contributed by atoms with Gasteiger partial charge in [-0.25, -0.2) is 4.98 Å².